The van der Waals surface area contributed by atoms with E-state index in [9.17, 15) is 9.90 Å². The van der Waals surface area contributed by atoms with Crippen molar-refractivity contribution >= 4 is 12.2 Å². The Balaban J connectivity index is 2.34. The lowest BCUT2D eigenvalue weighted by Crippen LogP contribution is -2.03. The molecule has 3 rings (SSSR count). The summed E-state index contributed by atoms with van der Waals surface area (Å²) >= 11 is 0. The third-order valence-electron chi connectivity index (χ3n) is 2.85. The Labute approximate surface area is 103 Å². The van der Waals surface area contributed by atoms with Crippen molar-refractivity contribution in [1.82, 2.24) is 0 Å². The van der Waals surface area contributed by atoms with Gasteiger partial charge in [0.2, 0.25) is 0 Å². The largest absolute Gasteiger partial charge is 0.478 e. The van der Waals surface area contributed by atoms with E-state index < -0.39 is 5.97 Å². The second-order valence-corrected chi connectivity index (χ2v) is 3.89. The maximum atomic E-state index is 11.2. The lowest BCUT2D eigenvalue weighted by molar-refractivity contribution is 0.0697. The first-order valence-electron chi connectivity index (χ1n) is 5.43. The van der Waals surface area contributed by atoms with Gasteiger partial charge in [0, 0.05) is 11.1 Å². The summed E-state index contributed by atoms with van der Waals surface area (Å²) in [5.41, 5.74) is 2.44. The van der Waals surface area contributed by atoms with Crippen LogP contribution in [0.1, 0.15) is 15.9 Å². The van der Waals surface area contributed by atoms with E-state index in [1.165, 1.54) is 6.21 Å². The number of carboxylic acids is 1. The molecule has 18 heavy (non-hydrogen) atoms. The number of carbonyl (C=O) groups is 1. The number of para-hydroxylation sites is 1. The van der Waals surface area contributed by atoms with Crippen LogP contribution in [0.25, 0.3) is 11.1 Å². The number of hydrogen-bond donors (Lipinski definition) is 1. The van der Waals surface area contributed by atoms with Gasteiger partial charge in [-0.25, -0.2) is 4.79 Å². The minimum absolute atomic E-state index is 0.219. The van der Waals surface area contributed by atoms with Gasteiger partial charge < -0.3 is 9.94 Å². The topological polar surface area (TPSA) is 58.9 Å². The Kier molecular flexibility index (Phi) is 2.34. The van der Waals surface area contributed by atoms with Crippen molar-refractivity contribution in [2.45, 2.75) is 0 Å². The molecule has 1 heterocycles. The zero-order chi connectivity index (χ0) is 12.5. The molecule has 4 heteroatoms. The molecule has 0 aliphatic carbocycles. The lowest BCUT2D eigenvalue weighted by Gasteiger charge is -2.08. The maximum absolute atomic E-state index is 11.2. The lowest BCUT2D eigenvalue weighted by atomic mass is 9.95. The van der Waals surface area contributed by atoms with Crippen LogP contribution in [0.4, 0.5) is 0 Å². The van der Waals surface area contributed by atoms with Crippen LogP contribution in [0, 0.1) is 0 Å². The first-order chi connectivity index (χ1) is 8.77. The predicted octanol–water partition coefficient (Wildman–Crippen LogP) is 2.78. The Morgan fingerprint density at radius 2 is 1.83 bits per heavy atom. The van der Waals surface area contributed by atoms with E-state index in [-0.39, 0.29) is 5.56 Å². The number of fused-ring (bicyclic) bond motifs is 3. The van der Waals surface area contributed by atoms with Gasteiger partial charge in [0.15, 0.2) is 5.75 Å². The zero-order valence-corrected chi connectivity index (χ0v) is 9.33. The molecule has 0 bridgehead atoms. The third kappa shape index (κ3) is 1.55. The predicted molar refractivity (Wildman–Crippen MR) is 67.1 cm³/mol. The van der Waals surface area contributed by atoms with E-state index in [4.69, 9.17) is 4.84 Å². The van der Waals surface area contributed by atoms with E-state index in [1.54, 1.807) is 18.2 Å². The molecule has 0 amide bonds. The summed E-state index contributed by atoms with van der Waals surface area (Å²) in [6, 6.07) is 12.6. The molecule has 0 unspecified atom stereocenters. The summed E-state index contributed by atoms with van der Waals surface area (Å²) in [7, 11) is 0. The van der Waals surface area contributed by atoms with Crippen LogP contribution in [-0.4, -0.2) is 17.3 Å². The molecule has 1 N–H and O–H groups in total. The Morgan fingerprint density at radius 1 is 1.06 bits per heavy atom. The van der Waals surface area contributed by atoms with Gasteiger partial charge in [-0.05, 0) is 17.7 Å². The molecule has 1 aliphatic rings. The molecule has 0 spiro atoms. The van der Waals surface area contributed by atoms with E-state index in [0.717, 1.165) is 11.1 Å². The first-order valence-corrected chi connectivity index (χ1v) is 5.43. The molecular formula is C14H9NO3. The number of hydrogen-bond acceptors (Lipinski definition) is 3. The third-order valence-corrected chi connectivity index (χ3v) is 2.85. The molecule has 0 aromatic heterocycles. The normalized spacial score (nSPS) is 12.0. The van der Waals surface area contributed by atoms with Crippen molar-refractivity contribution < 1.29 is 14.7 Å². The minimum Gasteiger partial charge on any atom is -0.478 e. The summed E-state index contributed by atoms with van der Waals surface area (Å²) in [4.78, 5) is 16.4. The van der Waals surface area contributed by atoms with Gasteiger partial charge in [0.1, 0.15) is 0 Å². The molecule has 0 saturated carbocycles. The molecule has 4 nitrogen and oxygen atoms in total. The van der Waals surface area contributed by atoms with Crippen molar-refractivity contribution in [3.63, 3.8) is 0 Å². The fourth-order valence-electron chi connectivity index (χ4n) is 2.03. The molecule has 1 aliphatic heterocycles. The SMILES string of the molecule is O=C(O)c1cccc2c1C=NOc1ccccc1-2. The molecule has 0 atom stereocenters. The van der Waals surface area contributed by atoms with Gasteiger partial charge in [-0.1, -0.05) is 35.5 Å². The van der Waals surface area contributed by atoms with Crippen LogP contribution >= 0.6 is 0 Å². The molecule has 0 fully saturated rings. The smallest absolute Gasteiger partial charge is 0.336 e. The molecule has 88 valence electrons. The van der Waals surface area contributed by atoms with Crippen molar-refractivity contribution in [2.75, 3.05) is 0 Å². The van der Waals surface area contributed by atoms with E-state index in [2.05, 4.69) is 5.16 Å². The highest BCUT2D eigenvalue weighted by Gasteiger charge is 2.18. The first kappa shape index (κ1) is 10.5. The Morgan fingerprint density at radius 3 is 2.67 bits per heavy atom. The van der Waals surface area contributed by atoms with Gasteiger partial charge >= 0.3 is 5.97 Å². The van der Waals surface area contributed by atoms with Crippen molar-refractivity contribution in [3.05, 3.63) is 53.6 Å². The van der Waals surface area contributed by atoms with Crippen LogP contribution in [0.2, 0.25) is 0 Å². The van der Waals surface area contributed by atoms with Crippen LogP contribution < -0.4 is 4.84 Å². The quantitative estimate of drug-likeness (QED) is 0.832. The fourth-order valence-corrected chi connectivity index (χ4v) is 2.03. The minimum atomic E-state index is -0.974. The maximum Gasteiger partial charge on any atom is 0.336 e. The number of benzene rings is 2. The Hall–Kier alpha value is -2.62. The number of nitrogens with zero attached hydrogens (tertiary/aromatic N) is 1. The summed E-state index contributed by atoms with van der Waals surface area (Å²) in [5.74, 6) is -0.354. The highest BCUT2D eigenvalue weighted by molar-refractivity contribution is 6.04. The van der Waals surface area contributed by atoms with Gasteiger partial charge in [0.05, 0.1) is 11.8 Å². The molecule has 0 saturated heterocycles. The number of oxime groups is 1. The highest BCUT2D eigenvalue weighted by atomic mass is 16.6. The summed E-state index contributed by atoms with van der Waals surface area (Å²) < 4.78 is 0. The molecule has 0 radical (unpaired) electrons. The van der Waals surface area contributed by atoms with E-state index >= 15 is 0 Å². The average molecular weight is 239 g/mol. The standard InChI is InChI=1S/C14H9NO3/c16-14(17)11-6-3-5-9-10-4-1-2-7-13(10)18-15-8-12(9)11/h1-8H,(H,16,17). The number of carboxylic acid groups (broad SMARTS) is 1. The summed E-state index contributed by atoms with van der Waals surface area (Å²) in [6.45, 7) is 0. The molecule has 2 aromatic rings. The van der Waals surface area contributed by atoms with Crippen LogP contribution in [0.3, 0.4) is 0 Å². The van der Waals surface area contributed by atoms with Crippen molar-refractivity contribution in [1.29, 1.82) is 0 Å². The van der Waals surface area contributed by atoms with Gasteiger partial charge in [-0.3, -0.25) is 0 Å². The van der Waals surface area contributed by atoms with Crippen LogP contribution in [-0.2, 0) is 0 Å². The zero-order valence-electron chi connectivity index (χ0n) is 9.33. The number of aromatic carboxylic acids is 1. The second kappa shape index (κ2) is 4.00. The van der Waals surface area contributed by atoms with Gasteiger partial charge in [-0.2, -0.15) is 0 Å². The summed E-state index contributed by atoms with van der Waals surface area (Å²) in [5, 5.41) is 13.0. The van der Waals surface area contributed by atoms with E-state index in [0.29, 0.717) is 11.3 Å². The molecule has 2 aromatic carbocycles. The summed E-state index contributed by atoms with van der Waals surface area (Å²) in [6.07, 6.45) is 1.44. The van der Waals surface area contributed by atoms with Crippen molar-refractivity contribution in [2.24, 2.45) is 5.16 Å². The second-order valence-electron chi connectivity index (χ2n) is 3.89. The fraction of sp³-hybridized carbons (Fsp3) is 0. The monoisotopic (exact) mass is 239 g/mol. The molecular weight excluding hydrogens is 230 g/mol. The van der Waals surface area contributed by atoms with Gasteiger partial charge in [-0.15, -0.1) is 0 Å². The number of rotatable bonds is 1. The average Bonchev–Trinajstić information content (AvgIpc) is 2.57. The Bertz CT molecular complexity index is 662. The van der Waals surface area contributed by atoms with Crippen LogP contribution in [0.15, 0.2) is 47.6 Å². The van der Waals surface area contributed by atoms with E-state index in [1.807, 2.05) is 24.3 Å². The van der Waals surface area contributed by atoms with Crippen molar-refractivity contribution in [3.8, 4) is 16.9 Å². The van der Waals surface area contributed by atoms with Crippen LogP contribution in [0.5, 0.6) is 5.75 Å². The van der Waals surface area contributed by atoms with Gasteiger partial charge in [0.25, 0.3) is 0 Å². The highest BCUT2D eigenvalue weighted by Crippen LogP contribution is 2.34.